The van der Waals surface area contributed by atoms with Gasteiger partial charge in [-0.1, -0.05) is 25.5 Å². The molecule has 1 aromatic carbocycles. The first kappa shape index (κ1) is 17.8. The van der Waals surface area contributed by atoms with Crippen LogP contribution < -0.4 is 15.4 Å². The van der Waals surface area contributed by atoms with Gasteiger partial charge in [0.05, 0.1) is 25.3 Å². The molecule has 2 N–H and O–H groups in total. The van der Waals surface area contributed by atoms with Gasteiger partial charge < -0.3 is 20.1 Å². The van der Waals surface area contributed by atoms with Gasteiger partial charge in [-0.25, -0.2) is 9.59 Å². The smallest absolute Gasteiger partial charge is 0.338 e. The average Bonchev–Trinajstić information content (AvgIpc) is 2.51. The van der Waals surface area contributed by atoms with Crippen molar-refractivity contribution in [1.29, 1.82) is 0 Å². The van der Waals surface area contributed by atoms with Gasteiger partial charge in [-0.05, 0) is 31.9 Å². The molecule has 6 nitrogen and oxygen atoms in total. The summed E-state index contributed by atoms with van der Waals surface area (Å²) >= 11 is 0. The van der Waals surface area contributed by atoms with Gasteiger partial charge >= 0.3 is 12.0 Å². The Bertz CT molecular complexity index is 680. The van der Waals surface area contributed by atoms with Crippen molar-refractivity contribution in [2.24, 2.45) is 5.92 Å². The number of ether oxygens (including phenoxy) is 2. The van der Waals surface area contributed by atoms with Crippen molar-refractivity contribution in [3.05, 3.63) is 40.6 Å². The molecule has 0 saturated heterocycles. The maximum atomic E-state index is 12.6. The van der Waals surface area contributed by atoms with Crippen LogP contribution in [-0.2, 0) is 9.53 Å². The van der Waals surface area contributed by atoms with Gasteiger partial charge in [0.25, 0.3) is 0 Å². The van der Waals surface area contributed by atoms with E-state index in [9.17, 15) is 9.59 Å². The van der Waals surface area contributed by atoms with Crippen LogP contribution in [-0.4, -0.2) is 25.7 Å². The number of methoxy groups -OCH3 is 1. The second kappa shape index (κ2) is 7.38. The Morgan fingerprint density at radius 1 is 1.29 bits per heavy atom. The topological polar surface area (TPSA) is 76.7 Å². The standard InChI is InChI=1S/C18H24N2O4/c1-10(2)9-24-17(21)15-12(4)19-18(22)20-16(15)13-8-11(3)6-7-14(13)23-5/h6-8,10,16H,9H2,1-5H3,(H2,19,20,22)/t16-/m1/s1. The van der Waals surface area contributed by atoms with Gasteiger partial charge in [-0.3, -0.25) is 0 Å². The van der Waals surface area contributed by atoms with Gasteiger partial charge in [0, 0.05) is 11.3 Å². The summed E-state index contributed by atoms with van der Waals surface area (Å²) in [6.07, 6.45) is 0. The zero-order chi connectivity index (χ0) is 17.9. The first-order valence-electron chi connectivity index (χ1n) is 7.93. The Hall–Kier alpha value is -2.50. The molecule has 1 aliphatic heterocycles. The minimum Gasteiger partial charge on any atom is -0.496 e. The van der Waals surface area contributed by atoms with E-state index in [0.29, 0.717) is 23.6 Å². The zero-order valence-electron chi connectivity index (χ0n) is 14.7. The van der Waals surface area contributed by atoms with Crippen LogP contribution in [0.1, 0.15) is 37.9 Å². The maximum Gasteiger partial charge on any atom is 0.338 e. The minimum absolute atomic E-state index is 0.230. The molecule has 24 heavy (non-hydrogen) atoms. The summed E-state index contributed by atoms with van der Waals surface area (Å²) in [5, 5.41) is 5.43. The lowest BCUT2D eigenvalue weighted by Crippen LogP contribution is -2.45. The van der Waals surface area contributed by atoms with Gasteiger partial charge in [0.1, 0.15) is 5.75 Å². The van der Waals surface area contributed by atoms with E-state index < -0.39 is 12.0 Å². The molecule has 0 fully saturated rings. The van der Waals surface area contributed by atoms with Gasteiger partial charge in [-0.2, -0.15) is 0 Å². The second-order valence-corrected chi connectivity index (χ2v) is 6.31. The molecule has 1 aromatic rings. The molecule has 130 valence electrons. The molecule has 0 aliphatic carbocycles. The number of esters is 1. The fourth-order valence-electron chi connectivity index (χ4n) is 2.60. The van der Waals surface area contributed by atoms with E-state index in [2.05, 4.69) is 10.6 Å². The molecule has 1 aliphatic rings. The highest BCUT2D eigenvalue weighted by atomic mass is 16.5. The highest BCUT2D eigenvalue weighted by Gasteiger charge is 2.34. The van der Waals surface area contributed by atoms with E-state index in [-0.39, 0.29) is 11.9 Å². The van der Waals surface area contributed by atoms with E-state index in [1.807, 2.05) is 39.0 Å². The monoisotopic (exact) mass is 332 g/mol. The van der Waals surface area contributed by atoms with Crippen LogP contribution in [0.25, 0.3) is 0 Å². The molecule has 0 unspecified atom stereocenters. The quantitative estimate of drug-likeness (QED) is 0.813. The first-order chi connectivity index (χ1) is 11.3. The number of carbonyl (C=O) groups excluding carboxylic acids is 2. The molecule has 2 amide bonds. The molecule has 6 heteroatoms. The number of benzene rings is 1. The van der Waals surface area contributed by atoms with E-state index >= 15 is 0 Å². The number of hydrogen-bond donors (Lipinski definition) is 2. The average molecular weight is 332 g/mol. The molecule has 0 bridgehead atoms. The zero-order valence-corrected chi connectivity index (χ0v) is 14.7. The van der Waals surface area contributed by atoms with Crippen molar-refractivity contribution in [3.8, 4) is 5.75 Å². The predicted molar refractivity (Wildman–Crippen MR) is 90.6 cm³/mol. The van der Waals surface area contributed by atoms with Crippen LogP contribution in [0.2, 0.25) is 0 Å². The highest BCUT2D eigenvalue weighted by molar-refractivity contribution is 5.95. The summed E-state index contributed by atoms with van der Waals surface area (Å²) in [4.78, 5) is 24.5. The lowest BCUT2D eigenvalue weighted by atomic mass is 9.93. The summed E-state index contributed by atoms with van der Waals surface area (Å²) in [5.74, 6) is 0.393. The Morgan fingerprint density at radius 3 is 2.62 bits per heavy atom. The third-order valence-corrected chi connectivity index (χ3v) is 3.73. The van der Waals surface area contributed by atoms with Crippen molar-refractivity contribution in [2.45, 2.75) is 33.7 Å². The lowest BCUT2D eigenvalue weighted by Gasteiger charge is -2.29. The fraction of sp³-hybridized carbons (Fsp3) is 0.444. The van der Waals surface area contributed by atoms with Crippen LogP contribution in [0.5, 0.6) is 5.75 Å². The number of rotatable bonds is 5. The second-order valence-electron chi connectivity index (χ2n) is 6.31. The molecule has 0 aromatic heterocycles. The van der Waals surface area contributed by atoms with Crippen LogP contribution in [0.4, 0.5) is 4.79 Å². The molecule has 0 spiro atoms. The normalized spacial score (nSPS) is 17.4. The third-order valence-electron chi connectivity index (χ3n) is 3.73. The minimum atomic E-state index is -0.617. The molecule has 2 rings (SSSR count). The Kier molecular flexibility index (Phi) is 5.49. The summed E-state index contributed by atoms with van der Waals surface area (Å²) in [7, 11) is 1.56. The van der Waals surface area contributed by atoms with Crippen molar-refractivity contribution < 1.29 is 19.1 Å². The van der Waals surface area contributed by atoms with Crippen LogP contribution >= 0.6 is 0 Å². The first-order valence-corrected chi connectivity index (χ1v) is 7.93. The van der Waals surface area contributed by atoms with Crippen molar-refractivity contribution in [1.82, 2.24) is 10.6 Å². The van der Waals surface area contributed by atoms with Crippen molar-refractivity contribution in [3.63, 3.8) is 0 Å². The van der Waals surface area contributed by atoms with Crippen molar-refractivity contribution >= 4 is 12.0 Å². The van der Waals surface area contributed by atoms with Crippen LogP contribution in [0.15, 0.2) is 29.5 Å². The maximum absolute atomic E-state index is 12.6. The summed E-state index contributed by atoms with van der Waals surface area (Å²) in [5.41, 5.74) is 2.61. The van der Waals surface area contributed by atoms with Gasteiger partial charge in [0.2, 0.25) is 0 Å². The highest BCUT2D eigenvalue weighted by Crippen LogP contribution is 2.34. The number of carbonyl (C=O) groups is 2. The molecular formula is C18H24N2O4. The molecule has 0 saturated carbocycles. The van der Waals surface area contributed by atoms with E-state index in [4.69, 9.17) is 9.47 Å². The number of aryl methyl sites for hydroxylation is 1. The molecular weight excluding hydrogens is 308 g/mol. The molecule has 0 radical (unpaired) electrons. The third kappa shape index (κ3) is 3.88. The summed E-state index contributed by atoms with van der Waals surface area (Å²) in [6.45, 7) is 7.90. The molecule has 1 heterocycles. The summed E-state index contributed by atoms with van der Waals surface area (Å²) < 4.78 is 10.8. The summed E-state index contributed by atoms with van der Waals surface area (Å²) in [6, 6.07) is 4.66. The Balaban J connectivity index is 2.45. The predicted octanol–water partition coefficient (Wildman–Crippen LogP) is 2.83. The Morgan fingerprint density at radius 2 is 2.00 bits per heavy atom. The number of hydrogen-bond acceptors (Lipinski definition) is 4. The number of amides is 2. The van der Waals surface area contributed by atoms with Gasteiger partial charge in [0.15, 0.2) is 0 Å². The Labute approximate surface area is 142 Å². The lowest BCUT2D eigenvalue weighted by molar-refractivity contribution is -0.140. The van der Waals surface area contributed by atoms with Gasteiger partial charge in [-0.15, -0.1) is 0 Å². The number of allylic oxidation sites excluding steroid dienone is 1. The fourth-order valence-corrected chi connectivity index (χ4v) is 2.60. The van der Waals surface area contributed by atoms with Crippen LogP contribution in [0, 0.1) is 12.8 Å². The molecule has 1 atom stereocenters. The van der Waals surface area contributed by atoms with E-state index in [1.165, 1.54) is 0 Å². The van der Waals surface area contributed by atoms with Crippen LogP contribution in [0.3, 0.4) is 0 Å². The number of urea groups is 1. The van der Waals surface area contributed by atoms with E-state index in [0.717, 1.165) is 11.1 Å². The number of nitrogens with one attached hydrogen (secondary N) is 2. The van der Waals surface area contributed by atoms with E-state index in [1.54, 1.807) is 14.0 Å². The largest absolute Gasteiger partial charge is 0.496 e. The van der Waals surface area contributed by atoms with Crippen molar-refractivity contribution in [2.75, 3.05) is 13.7 Å². The SMILES string of the molecule is COc1ccc(C)cc1[C@H]1NC(=O)NC(C)=C1C(=O)OCC(C)C.